The van der Waals surface area contributed by atoms with E-state index in [4.69, 9.17) is 22.1 Å². The number of aromatic nitrogens is 2. The van der Waals surface area contributed by atoms with Crippen molar-refractivity contribution in [3.05, 3.63) is 65.3 Å². The summed E-state index contributed by atoms with van der Waals surface area (Å²) in [5.74, 6) is -0.286. The number of hydrogen-bond donors (Lipinski definition) is 3. The van der Waals surface area contributed by atoms with Gasteiger partial charge in [-0.1, -0.05) is 24.2 Å². The number of carbonyl (C=O) groups excluding carboxylic acids is 1. The third-order valence-electron chi connectivity index (χ3n) is 4.03. The Morgan fingerprint density at radius 2 is 2.14 bits per heavy atom. The highest BCUT2D eigenvalue weighted by atomic mass is 35.5. The molecule has 0 aliphatic rings. The largest absolute Gasteiger partial charge is 0.496 e. The van der Waals surface area contributed by atoms with Gasteiger partial charge in [0.2, 0.25) is 0 Å². The molecule has 4 N–H and O–H groups in total. The minimum Gasteiger partial charge on any atom is -0.496 e. The second kappa shape index (κ2) is 8.10. The molecule has 7 nitrogen and oxygen atoms in total. The Morgan fingerprint density at radius 3 is 2.86 bits per heavy atom. The number of nitrogens with zero attached hydrogens (tertiary/aromatic N) is 2. The van der Waals surface area contributed by atoms with Crippen molar-refractivity contribution in [1.29, 1.82) is 0 Å². The number of amides is 1. The van der Waals surface area contributed by atoms with Crippen molar-refractivity contribution in [1.82, 2.24) is 15.3 Å². The molecule has 28 heavy (non-hydrogen) atoms. The highest BCUT2D eigenvalue weighted by molar-refractivity contribution is 6.31. The topological polar surface area (TPSA) is 102 Å². The lowest BCUT2D eigenvalue weighted by molar-refractivity contribution is -0.114. The minimum atomic E-state index is -0.651. The molecular formula is C19H17ClFN5O2. The molecule has 0 saturated heterocycles. The number of methoxy groups -OCH3 is 1. The summed E-state index contributed by atoms with van der Waals surface area (Å²) in [5.41, 5.74) is 6.75. The van der Waals surface area contributed by atoms with E-state index in [1.165, 1.54) is 19.5 Å². The molecule has 0 fully saturated rings. The van der Waals surface area contributed by atoms with Crippen LogP contribution in [-0.2, 0) is 11.3 Å². The quantitative estimate of drug-likeness (QED) is 0.525. The fourth-order valence-corrected chi connectivity index (χ4v) is 2.75. The fourth-order valence-electron chi connectivity index (χ4n) is 2.57. The van der Waals surface area contributed by atoms with E-state index in [1.807, 2.05) is 0 Å². The fraction of sp³-hybridized carbons (Fsp3) is 0.105. The van der Waals surface area contributed by atoms with Gasteiger partial charge in [-0.15, -0.1) is 0 Å². The molecule has 0 radical (unpaired) electrons. The normalized spacial score (nSPS) is 10.5. The van der Waals surface area contributed by atoms with Crippen LogP contribution >= 0.6 is 11.6 Å². The van der Waals surface area contributed by atoms with Gasteiger partial charge in [0.1, 0.15) is 17.9 Å². The van der Waals surface area contributed by atoms with Crippen LogP contribution in [0.1, 0.15) is 5.56 Å². The number of hydrogen-bond acceptors (Lipinski definition) is 6. The third kappa shape index (κ3) is 3.96. The molecule has 0 saturated carbocycles. The van der Waals surface area contributed by atoms with Crippen molar-refractivity contribution in [2.75, 3.05) is 12.4 Å². The smallest absolute Gasteiger partial charge is 0.264 e. The van der Waals surface area contributed by atoms with E-state index in [2.05, 4.69) is 27.2 Å². The number of benzene rings is 2. The average Bonchev–Trinajstić information content (AvgIpc) is 2.69. The van der Waals surface area contributed by atoms with E-state index in [0.29, 0.717) is 28.0 Å². The van der Waals surface area contributed by atoms with Crippen LogP contribution in [0.25, 0.3) is 10.9 Å². The summed E-state index contributed by atoms with van der Waals surface area (Å²) in [7, 11) is 1.52. The van der Waals surface area contributed by atoms with Crippen LogP contribution in [0.3, 0.4) is 0 Å². The Labute approximate surface area is 165 Å². The van der Waals surface area contributed by atoms with Crippen LogP contribution in [0.15, 0.2) is 48.9 Å². The maximum Gasteiger partial charge on any atom is 0.264 e. The van der Waals surface area contributed by atoms with Gasteiger partial charge in [0.25, 0.3) is 5.91 Å². The van der Waals surface area contributed by atoms with Gasteiger partial charge in [0, 0.05) is 23.6 Å². The first-order chi connectivity index (χ1) is 13.4. The van der Waals surface area contributed by atoms with Crippen molar-refractivity contribution in [3.63, 3.8) is 0 Å². The summed E-state index contributed by atoms with van der Waals surface area (Å²) in [6.07, 6.45) is 1.36. The molecule has 0 aliphatic carbocycles. The average molecular weight is 402 g/mol. The Balaban J connectivity index is 2.02. The molecule has 1 aromatic heterocycles. The summed E-state index contributed by atoms with van der Waals surface area (Å²) in [5, 5.41) is 6.40. The number of primary amides is 1. The van der Waals surface area contributed by atoms with E-state index in [1.54, 1.807) is 24.3 Å². The van der Waals surface area contributed by atoms with Gasteiger partial charge >= 0.3 is 0 Å². The first-order valence-corrected chi connectivity index (χ1v) is 8.53. The molecule has 0 atom stereocenters. The van der Waals surface area contributed by atoms with Crippen molar-refractivity contribution >= 4 is 39.9 Å². The highest BCUT2D eigenvalue weighted by Crippen LogP contribution is 2.31. The molecule has 0 spiro atoms. The summed E-state index contributed by atoms with van der Waals surface area (Å²) >= 11 is 5.84. The number of ether oxygens (including phenoxy) is 1. The lowest BCUT2D eigenvalue weighted by atomic mass is 10.1. The Hall–Kier alpha value is -3.39. The zero-order valence-corrected chi connectivity index (χ0v) is 15.7. The van der Waals surface area contributed by atoms with Crippen molar-refractivity contribution in [3.8, 4) is 5.75 Å². The Morgan fingerprint density at radius 1 is 1.36 bits per heavy atom. The molecule has 0 aliphatic heterocycles. The first-order valence-electron chi connectivity index (χ1n) is 8.16. The molecule has 9 heteroatoms. The molecule has 1 heterocycles. The van der Waals surface area contributed by atoms with Gasteiger partial charge < -0.3 is 21.1 Å². The predicted molar refractivity (Wildman–Crippen MR) is 106 cm³/mol. The van der Waals surface area contributed by atoms with Crippen molar-refractivity contribution in [2.45, 2.75) is 6.54 Å². The number of fused-ring (bicyclic) bond motifs is 1. The number of nitrogens with one attached hydrogen (secondary N) is 2. The Bertz CT molecular complexity index is 1070. The van der Waals surface area contributed by atoms with Crippen LogP contribution in [0, 0.1) is 5.82 Å². The summed E-state index contributed by atoms with van der Waals surface area (Å²) in [6.45, 7) is 3.80. The van der Waals surface area contributed by atoms with Gasteiger partial charge in [-0.3, -0.25) is 4.79 Å². The molecule has 1 amide bonds. The van der Waals surface area contributed by atoms with Gasteiger partial charge in [-0.25, -0.2) is 14.4 Å². The number of carbonyl (C=O) groups is 1. The van der Waals surface area contributed by atoms with Crippen molar-refractivity contribution < 1.29 is 13.9 Å². The Kier molecular flexibility index (Phi) is 5.60. The number of rotatable bonds is 7. The van der Waals surface area contributed by atoms with Crippen LogP contribution in [0.2, 0.25) is 5.02 Å². The molecular weight excluding hydrogens is 385 g/mol. The molecule has 3 aromatic rings. The number of anilines is 2. The minimum absolute atomic E-state index is 0.000107. The van der Waals surface area contributed by atoms with Crippen LogP contribution < -0.4 is 21.1 Å². The second-order valence-corrected chi connectivity index (χ2v) is 6.23. The van der Waals surface area contributed by atoms with Gasteiger partial charge in [-0.05, 0) is 18.2 Å². The van der Waals surface area contributed by atoms with Gasteiger partial charge in [0.15, 0.2) is 5.82 Å². The molecule has 0 unspecified atom stereocenters. The van der Waals surface area contributed by atoms with Gasteiger partial charge in [0.05, 0.1) is 29.0 Å². The first kappa shape index (κ1) is 19.4. The zero-order valence-electron chi connectivity index (χ0n) is 14.9. The summed E-state index contributed by atoms with van der Waals surface area (Å²) in [4.78, 5) is 19.6. The van der Waals surface area contributed by atoms with Crippen LogP contribution in [0.4, 0.5) is 15.9 Å². The van der Waals surface area contributed by atoms with Crippen LogP contribution in [-0.4, -0.2) is 23.0 Å². The van der Waals surface area contributed by atoms with E-state index in [-0.39, 0.29) is 23.0 Å². The lowest BCUT2D eigenvalue weighted by Gasteiger charge is -2.14. The molecule has 0 bridgehead atoms. The summed E-state index contributed by atoms with van der Waals surface area (Å²) < 4.78 is 19.6. The highest BCUT2D eigenvalue weighted by Gasteiger charge is 2.13. The number of halogens is 2. The third-order valence-corrected chi connectivity index (χ3v) is 4.32. The summed E-state index contributed by atoms with van der Waals surface area (Å²) in [6, 6.07) is 8.14. The van der Waals surface area contributed by atoms with E-state index in [0.717, 1.165) is 0 Å². The maximum absolute atomic E-state index is 14.2. The SMILES string of the molecule is C=C(NCc1cc2c(Nc3cccc(Cl)c3F)ncnc2cc1OC)C(N)=O. The maximum atomic E-state index is 14.2. The van der Waals surface area contributed by atoms with E-state index >= 15 is 0 Å². The number of nitrogens with two attached hydrogens (primary N) is 1. The predicted octanol–water partition coefficient (Wildman–Crippen LogP) is 3.26. The molecule has 144 valence electrons. The van der Waals surface area contributed by atoms with Crippen LogP contribution in [0.5, 0.6) is 5.75 Å². The molecule has 2 aromatic carbocycles. The van der Waals surface area contributed by atoms with E-state index in [9.17, 15) is 9.18 Å². The van der Waals surface area contributed by atoms with E-state index < -0.39 is 11.7 Å². The zero-order chi connectivity index (χ0) is 20.3. The van der Waals surface area contributed by atoms with Gasteiger partial charge in [-0.2, -0.15) is 0 Å². The molecule has 3 rings (SSSR count). The standard InChI is InChI=1S/C19H17ClFN5O2/c1-10(18(22)27)23-8-11-6-12-15(7-16(11)28-2)24-9-25-19(12)26-14-5-3-4-13(20)17(14)21/h3-7,9,23H,1,8H2,2H3,(H2,22,27)(H,24,25,26). The second-order valence-electron chi connectivity index (χ2n) is 5.83. The van der Waals surface area contributed by atoms with Crippen molar-refractivity contribution in [2.24, 2.45) is 5.73 Å². The monoisotopic (exact) mass is 401 g/mol. The lowest BCUT2D eigenvalue weighted by Crippen LogP contribution is -2.25.